The second-order valence-electron chi connectivity index (χ2n) is 7.28. The third-order valence-electron chi connectivity index (χ3n) is 5.39. The number of benzene rings is 4. The van der Waals surface area contributed by atoms with Gasteiger partial charge in [-0.2, -0.15) is 0 Å². The Balaban J connectivity index is 1.78. The van der Waals surface area contributed by atoms with Gasteiger partial charge in [0.25, 0.3) is 0 Å². The van der Waals surface area contributed by atoms with Gasteiger partial charge in [-0.1, -0.05) is 91.0 Å². The second kappa shape index (κ2) is 7.96. The van der Waals surface area contributed by atoms with Gasteiger partial charge in [0.2, 0.25) is 0 Å². The van der Waals surface area contributed by atoms with E-state index in [1.165, 1.54) is 0 Å². The molecule has 0 amide bonds. The van der Waals surface area contributed by atoms with E-state index in [2.05, 4.69) is 12.1 Å². The number of carbonyl (C=O) groups is 1. The maximum absolute atomic E-state index is 13.2. The van der Waals surface area contributed by atoms with Crippen LogP contribution in [0.2, 0.25) is 0 Å². The average molecular weight is 404 g/mol. The minimum absolute atomic E-state index is 0.0988. The number of fused-ring (bicyclic) bond motifs is 1. The van der Waals surface area contributed by atoms with Crippen LogP contribution >= 0.6 is 0 Å². The van der Waals surface area contributed by atoms with Crippen LogP contribution in [0.25, 0.3) is 33.4 Å². The topological polar surface area (TPSA) is 39.4 Å². The van der Waals surface area contributed by atoms with Crippen LogP contribution in [0.5, 0.6) is 5.75 Å². The summed E-state index contributed by atoms with van der Waals surface area (Å²) in [5.41, 5.74) is 4.75. The molecule has 5 rings (SSSR count). The Morgan fingerprint density at radius 2 is 1.32 bits per heavy atom. The van der Waals surface area contributed by atoms with Gasteiger partial charge in [-0.3, -0.25) is 4.79 Å². The van der Waals surface area contributed by atoms with Gasteiger partial charge in [-0.25, -0.2) is 0 Å². The molecule has 31 heavy (non-hydrogen) atoms. The maximum atomic E-state index is 13.2. The molecule has 0 unspecified atom stereocenters. The number of hydrogen-bond acceptors (Lipinski definition) is 3. The molecule has 1 heterocycles. The lowest BCUT2D eigenvalue weighted by Crippen LogP contribution is -2.03. The van der Waals surface area contributed by atoms with Crippen molar-refractivity contribution in [1.82, 2.24) is 0 Å². The summed E-state index contributed by atoms with van der Waals surface area (Å²) >= 11 is 0. The van der Waals surface area contributed by atoms with Gasteiger partial charge in [-0.15, -0.1) is 0 Å². The van der Waals surface area contributed by atoms with Gasteiger partial charge in [-0.05, 0) is 17.7 Å². The molecule has 1 aromatic heterocycles. The van der Waals surface area contributed by atoms with E-state index in [4.69, 9.17) is 9.15 Å². The van der Waals surface area contributed by atoms with Gasteiger partial charge < -0.3 is 9.15 Å². The van der Waals surface area contributed by atoms with Crippen LogP contribution in [0.15, 0.2) is 108 Å². The van der Waals surface area contributed by atoms with Gasteiger partial charge in [0, 0.05) is 22.1 Å². The molecule has 5 aromatic rings. The Kier molecular flexibility index (Phi) is 4.85. The highest BCUT2D eigenvalue weighted by Gasteiger charge is 2.22. The molecule has 0 fully saturated rings. The normalized spacial score (nSPS) is 10.9. The summed E-state index contributed by atoms with van der Waals surface area (Å²) in [5, 5.41) is 0.909. The minimum Gasteiger partial charge on any atom is -0.496 e. The first-order valence-electron chi connectivity index (χ1n) is 10.1. The summed E-state index contributed by atoms with van der Waals surface area (Å²) < 4.78 is 12.0. The Labute approximate surface area is 180 Å². The van der Waals surface area contributed by atoms with Crippen molar-refractivity contribution in [2.75, 3.05) is 7.11 Å². The van der Waals surface area contributed by atoms with Crippen molar-refractivity contribution in [3.63, 3.8) is 0 Å². The first kappa shape index (κ1) is 18.9. The Hall–Kier alpha value is -4.11. The highest BCUT2D eigenvalue weighted by molar-refractivity contribution is 6.14. The molecule has 0 radical (unpaired) electrons. The SMILES string of the molecule is COc1cc2c(-c3ccccc3)c(-c3ccccc3)oc2cc1C(=O)c1ccccc1. The average Bonchev–Trinajstić information content (AvgIpc) is 3.23. The predicted octanol–water partition coefficient (Wildman–Crippen LogP) is 7.01. The fourth-order valence-corrected chi connectivity index (χ4v) is 3.90. The summed E-state index contributed by atoms with van der Waals surface area (Å²) in [6.07, 6.45) is 0. The van der Waals surface area contributed by atoms with Crippen LogP contribution in [-0.4, -0.2) is 12.9 Å². The zero-order valence-electron chi connectivity index (χ0n) is 17.0. The third kappa shape index (κ3) is 3.40. The van der Waals surface area contributed by atoms with Gasteiger partial charge in [0.15, 0.2) is 5.78 Å². The number of ketones is 1. The van der Waals surface area contributed by atoms with Crippen LogP contribution in [0.1, 0.15) is 15.9 Å². The summed E-state index contributed by atoms with van der Waals surface area (Å²) in [5.74, 6) is 1.20. The van der Waals surface area contributed by atoms with E-state index >= 15 is 0 Å². The summed E-state index contributed by atoms with van der Waals surface area (Å²) in [6.45, 7) is 0. The second-order valence-corrected chi connectivity index (χ2v) is 7.28. The molecule has 0 aliphatic carbocycles. The highest BCUT2D eigenvalue weighted by Crippen LogP contribution is 2.43. The minimum atomic E-state index is -0.0988. The van der Waals surface area contributed by atoms with Crippen molar-refractivity contribution in [1.29, 1.82) is 0 Å². The first-order valence-corrected chi connectivity index (χ1v) is 10.1. The molecule has 0 aliphatic heterocycles. The molecule has 0 saturated heterocycles. The van der Waals surface area contributed by atoms with Crippen molar-refractivity contribution in [3.05, 3.63) is 114 Å². The van der Waals surface area contributed by atoms with E-state index in [0.717, 1.165) is 27.8 Å². The van der Waals surface area contributed by atoms with E-state index in [9.17, 15) is 4.79 Å². The van der Waals surface area contributed by atoms with Crippen molar-refractivity contribution in [2.45, 2.75) is 0 Å². The number of hydrogen-bond donors (Lipinski definition) is 0. The number of ether oxygens (including phenoxy) is 1. The Morgan fingerprint density at radius 3 is 1.94 bits per heavy atom. The molecule has 150 valence electrons. The Morgan fingerprint density at radius 1 is 0.742 bits per heavy atom. The van der Waals surface area contributed by atoms with Gasteiger partial charge >= 0.3 is 0 Å². The smallest absolute Gasteiger partial charge is 0.196 e. The highest BCUT2D eigenvalue weighted by atomic mass is 16.5. The predicted molar refractivity (Wildman–Crippen MR) is 124 cm³/mol. The van der Waals surface area contributed by atoms with Gasteiger partial charge in [0.1, 0.15) is 17.1 Å². The molecule has 0 bridgehead atoms. The van der Waals surface area contributed by atoms with Crippen LogP contribution in [0, 0.1) is 0 Å². The summed E-state index contributed by atoms with van der Waals surface area (Å²) in [6, 6.07) is 33.0. The van der Waals surface area contributed by atoms with Gasteiger partial charge in [0.05, 0.1) is 12.7 Å². The van der Waals surface area contributed by atoms with Crippen molar-refractivity contribution >= 4 is 16.8 Å². The monoisotopic (exact) mass is 404 g/mol. The number of methoxy groups -OCH3 is 1. The maximum Gasteiger partial charge on any atom is 0.196 e. The molecule has 3 heteroatoms. The zero-order chi connectivity index (χ0) is 21.2. The lowest BCUT2D eigenvalue weighted by Gasteiger charge is -2.09. The lowest BCUT2D eigenvalue weighted by molar-refractivity contribution is 0.103. The van der Waals surface area contributed by atoms with Crippen molar-refractivity contribution in [3.8, 4) is 28.2 Å². The Bertz CT molecular complexity index is 1350. The van der Waals surface area contributed by atoms with Crippen LogP contribution in [0.3, 0.4) is 0 Å². The quantitative estimate of drug-likeness (QED) is 0.296. The number of rotatable bonds is 5. The molecule has 3 nitrogen and oxygen atoms in total. The van der Waals surface area contributed by atoms with Crippen molar-refractivity contribution < 1.29 is 13.9 Å². The van der Waals surface area contributed by atoms with E-state index in [1.807, 2.05) is 72.8 Å². The molecule has 0 atom stereocenters. The van der Waals surface area contributed by atoms with Crippen LogP contribution < -0.4 is 4.74 Å². The number of carbonyl (C=O) groups excluding carboxylic acids is 1. The van der Waals surface area contributed by atoms with Crippen LogP contribution in [0.4, 0.5) is 0 Å². The summed E-state index contributed by atoms with van der Waals surface area (Å²) in [7, 11) is 1.59. The fraction of sp³-hybridized carbons (Fsp3) is 0.0357. The molecular weight excluding hydrogens is 384 g/mol. The molecule has 4 aromatic carbocycles. The fourth-order valence-electron chi connectivity index (χ4n) is 3.90. The van der Waals surface area contributed by atoms with E-state index in [1.54, 1.807) is 25.3 Å². The largest absolute Gasteiger partial charge is 0.496 e. The summed E-state index contributed by atoms with van der Waals surface area (Å²) in [4.78, 5) is 13.2. The molecule has 0 N–H and O–H groups in total. The third-order valence-corrected chi connectivity index (χ3v) is 5.39. The zero-order valence-corrected chi connectivity index (χ0v) is 17.0. The molecular formula is C28H20O3. The van der Waals surface area contributed by atoms with Crippen LogP contribution in [-0.2, 0) is 0 Å². The number of furan rings is 1. The van der Waals surface area contributed by atoms with E-state index in [-0.39, 0.29) is 5.78 Å². The molecule has 0 spiro atoms. The van der Waals surface area contributed by atoms with E-state index < -0.39 is 0 Å². The lowest BCUT2D eigenvalue weighted by atomic mass is 9.96. The van der Waals surface area contributed by atoms with Crippen molar-refractivity contribution in [2.24, 2.45) is 0 Å². The standard InChI is InChI=1S/C28H20O3/c1-30-24-17-22-25(18-23(24)27(29)20-13-7-3-8-14-20)31-28(21-15-9-4-10-16-21)26(22)19-11-5-2-6-12-19/h2-18H,1H3. The first-order chi connectivity index (χ1) is 15.3. The molecule has 0 saturated carbocycles. The van der Waals surface area contributed by atoms with E-state index in [0.29, 0.717) is 22.5 Å². The molecule has 0 aliphatic rings.